The van der Waals surface area contributed by atoms with Crippen molar-refractivity contribution in [2.45, 2.75) is 24.4 Å². The first-order valence-corrected chi connectivity index (χ1v) is 8.95. The predicted molar refractivity (Wildman–Crippen MR) is 92.5 cm³/mol. The van der Waals surface area contributed by atoms with Crippen LogP contribution in [0.3, 0.4) is 0 Å². The van der Waals surface area contributed by atoms with Crippen LogP contribution in [0, 0.1) is 11.8 Å². The van der Waals surface area contributed by atoms with Crippen molar-refractivity contribution in [2.24, 2.45) is 11.8 Å². The Morgan fingerprint density at radius 1 is 0.857 bits per heavy atom. The van der Waals surface area contributed by atoms with Gasteiger partial charge in [0.25, 0.3) is 0 Å². The Hall–Kier alpha value is -2.96. The normalized spacial score (nSPS) is 28.5. The van der Waals surface area contributed by atoms with Crippen molar-refractivity contribution in [1.82, 2.24) is 0 Å². The molecular formula is C21H14F3NO3. The van der Waals surface area contributed by atoms with Crippen LogP contribution in [-0.2, 0) is 20.6 Å². The molecule has 2 aromatic carbocycles. The van der Waals surface area contributed by atoms with Gasteiger partial charge in [-0.15, -0.1) is 0 Å². The van der Waals surface area contributed by atoms with Gasteiger partial charge in [0.05, 0.1) is 29.0 Å². The highest BCUT2D eigenvalue weighted by Crippen LogP contribution is 2.57. The van der Waals surface area contributed by atoms with Crippen molar-refractivity contribution in [3.05, 3.63) is 65.2 Å². The number of ketones is 1. The van der Waals surface area contributed by atoms with Gasteiger partial charge >= 0.3 is 6.18 Å². The van der Waals surface area contributed by atoms with Crippen LogP contribution in [-0.4, -0.2) is 17.6 Å². The fourth-order valence-electron chi connectivity index (χ4n) is 5.04. The second kappa shape index (κ2) is 5.53. The van der Waals surface area contributed by atoms with Crippen molar-refractivity contribution in [1.29, 1.82) is 0 Å². The van der Waals surface area contributed by atoms with E-state index in [-0.39, 0.29) is 17.9 Å². The summed E-state index contributed by atoms with van der Waals surface area (Å²) in [6.45, 7) is 0. The molecular weight excluding hydrogens is 371 g/mol. The smallest absolute Gasteiger partial charge is 0.299 e. The predicted octanol–water partition coefficient (Wildman–Crippen LogP) is 3.66. The third kappa shape index (κ3) is 2.16. The van der Waals surface area contributed by atoms with Gasteiger partial charge in [0.15, 0.2) is 0 Å². The number of anilines is 1. The molecule has 1 aliphatic heterocycles. The van der Waals surface area contributed by atoms with E-state index in [1.807, 2.05) is 12.1 Å². The molecule has 7 heteroatoms. The molecule has 0 spiro atoms. The molecule has 6 rings (SSSR count). The molecule has 0 N–H and O–H groups in total. The molecule has 142 valence electrons. The Balaban J connectivity index is 1.62. The van der Waals surface area contributed by atoms with E-state index in [2.05, 4.69) is 0 Å². The van der Waals surface area contributed by atoms with Crippen molar-refractivity contribution < 1.29 is 27.6 Å². The minimum absolute atomic E-state index is 0.0861. The zero-order valence-electron chi connectivity index (χ0n) is 14.4. The zero-order chi connectivity index (χ0) is 19.8. The lowest BCUT2D eigenvalue weighted by atomic mass is 9.56. The number of rotatable bonds is 1. The lowest BCUT2D eigenvalue weighted by molar-refractivity contribution is -0.137. The number of hydrogen-bond acceptors (Lipinski definition) is 3. The summed E-state index contributed by atoms with van der Waals surface area (Å²) in [7, 11) is 0. The van der Waals surface area contributed by atoms with Crippen LogP contribution < -0.4 is 4.90 Å². The molecule has 0 radical (unpaired) electrons. The van der Waals surface area contributed by atoms with Gasteiger partial charge in [-0.25, -0.2) is 4.90 Å². The summed E-state index contributed by atoms with van der Waals surface area (Å²) in [6, 6.07) is 11.5. The van der Waals surface area contributed by atoms with E-state index in [0.29, 0.717) is 0 Å². The van der Waals surface area contributed by atoms with Gasteiger partial charge < -0.3 is 0 Å². The fraction of sp³-hybridized carbons (Fsp3) is 0.286. The van der Waals surface area contributed by atoms with E-state index in [0.717, 1.165) is 28.2 Å². The number of nitrogens with zero attached hydrogens (tertiary/aromatic N) is 1. The van der Waals surface area contributed by atoms with Crippen molar-refractivity contribution >= 4 is 23.3 Å². The molecule has 2 aromatic rings. The molecule has 1 saturated carbocycles. The quantitative estimate of drug-likeness (QED) is 0.704. The summed E-state index contributed by atoms with van der Waals surface area (Å²) >= 11 is 0. The van der Waals surface area contributed by atoms with E-state index < -0.39 is 47.2 Å². The van der Waals surface area contributed by atoms with E-state index >= 15 is 0 Å². The van der Waals surface area contributed by atoms with E-state index in [1.165, 1.54) is 12.1 Å². The lowest BCUT2D eigenvalue weighted by Crippen LogP contribution is -2.44. The molecule has 2 amide bonds. The summed E-state index contributed by atoms with van der Waals surface area (Å²) in [4.78, 5) is 39.7. The molecule has 3 aliphatic carbocycles. The van der Waals surface area contributed by atoms with Gasteiger partial charge in [-0.2, -0.15) is 13.2 Å². The number of benzene rings is 2. The number of carbonyl (C=O) groups excluding carboxylic acids is 3. The Bertz CT molecular complexity index is 1050. The van der Waals surface area contributed by atoms with Gasteiger partial charge in [0, 0.05) is 12.3 Å². The summed E-state index contributed by atoms with van der Waals surface area (Å²) in [5.41, 5.74) is 0.621. The molecule has 2 fully saturated rings. The molecule has 1 saturated heterocycles. The first-order valence-electron chi connectivity index (χ1n) is 8.95. The zero-order valence-corrected chi connectivity index (χ0v) is 14.4. The standard InChI is InChI=1S/C21H14F3NO3/c22-21(23,24)10-4-3-5-11(8-10)25-19(27)17-14-9-15(26)16(18(17)20(25)28)13-7-2-1-6-12(13)14/h1-8,14,16-18H,9H2/t14-,16-,17?,18?/m0/s1. The summed E-state index contributed by atoms with van der Waals surface area (Å²) in [6.07, 6.45) is -4.40. The van der Waals surface area contributed by atoms with E-state index in [9.17, 15) is 27.6 Å². The molecule has 4 nitrogen and oxygen atoms in total. The molecule has 2 unspecified atom stereocenters. The molecule has 4 atom stereocenters. The largest absolute Gasteiger partial charge is 0.416 e. The minimum Gasteiger partial charge on any atom is -0.299 e. The number of carbonyl (C=O) groups is 3. The SMILES string of the molecule is O=C1C[C@H]2c3ccccc3[C@@H]1C1C(=O)N(c3cccc(C(F)(F)F)c3)C(=O)C12. The third-order valence-corrected chi connectivity index (χ3v) is 6.12. The van der Waals surface area contributed by atoms with Crippen LogP contribution in [0.4, 0.5) is 18.9 Å². The Morgan fingerprint density at radius 2 is 1.54 bits per heavy atom. The van der Waals surface area contributed by atoms with Crippen LogP contribution in [0.15, 0.2) is 48.5 Å². The first kappa shape index (κ1) is 17.2. The molecule has 4 aliphatic rings. The van der Waals surface area contributed by atoms with E-state index in [1.54, 1.807) is 12.1 Å². The number of amides is 2. The highest BCUT2D eigenvalue weighted by atomic mass is 19.4. The van der Waals surface area contributed by atoms with Gasteiger partial charge in [0.2, 0.25) is 11.8 Å². The molecule has 1 heterocycles. The van der Waals surface area contributed by atoms with Crippen LogP contribution in [0.5, 0.6) is 0 Å². The summed E-state index contributed by atoms with van der Waals surface area (Å²) in [5, 5.41) is 0. The highest BCUT2D eigenvalue weighted by molar-refractivity contribution is 6.24. The molecule has 0 aromatic heterocycles. The average Bonchev–Trinajstić information content (AvgIpc) is 2.93. The number of imide groups is 1. The van der Waals surface area contributed by atoms with Crippen molar-refractivity contribution in [3.8, 4) is 0 Å². The third-order valence-electron chi connectivity index (χ3n) is 6.12. The van der Waals surface area contributed by atoms with Crippen LogP contribution in [0.2, 0.25) is 0 Å². The fourth-order valence-corrected chi connectivity index (χ4v) is 5.04. The number of hydrogen-bond donors (Lipinski definition) is 0. The minimum atomic E-state index is -4.58. The van der Waals surface area contributed by atoms with Gasteiger partial charge in [-0.1, -0.05) is 30.3 Å². The van der Waals surface area contributed by atoms with Gasteiger partial charge in [-0.05, 0) is 29.3 Å². The Kier molecular flexibility index (Phi) is 3.39. The number of fused-ring (bicyclic) bond motifs is 1. The molecule has 28 heavy (non-hydrogen) atoms. The second-order valence-electron chi connectivity index (χ2n) is 7.50. The van der Waals surface area contributed by atoms with E-state index in [4.69, 9.17) is 0 Å². The van der Waals surface area contributed by atoms with Gasteiger partial charge in [0.1, 0.15) is 5.78 Å². The summed E-state index contributed by atoms with van der Waals surface area (Å²) in [5.74, 6) is -3.87. The maximum Gasteiger partial charge on any atom is 0.416 e. The van der Waals surface area contributed by atoms with Crippen molar-refractivity contribution in [2.75, 3.05) is 4.90 Å². The van der Waals surface area contributed by atoms with Gasteiger partial charge in [-0.3, -0.25) is 14.4 Å². The first-order chi connectivity index (χ1) is 13.3. The highest BCUT2D eigenvalue weighted by Gasteiger charge is 2.62. The number of halogens is 3. The maximum absolute atomic E-state index is 13.1. The monoisotopic (exact) mass is 385 g/mol. The Labute approximate surface area is 157 Å². The summed E-state index contributed by atoms with van der Waals surface area (Å²) < 4.78 is 39.2. The van der Waals surface area contributed by atoms with Crippen LogP contribution >= 0.6 is 0 Å². The van der Waals surface area contributed by atoms with Crippen LogP contribution in [0.1, 0.15) is 34.9 Å². The topological polar surface area (TPSA) is 54.5 Å². The maximum atomic E-state index is 13.1. The number of alkyl halides is 3. The Morgan fingerprint density at radius 3 is 2.25 bits per heavy atom. The van der Waals surface area contributed by atoms with Crippen molar-refractivity contribution in [3.63, 3.8) is 0 Å². The molecule has 2 bridgehead atoms. The second-order valence-corrected chi connectivity index (χ2v) is 7.50. The number of Topliss-reactive ketones (excluding diaryl/α,β-unsaturated/α-hetero) is 1. The average molecular weight is 385 g/mol. The van der Waals surface area contributed by atoms with Crippen LogP contribution in [0.25, 0.3) is 0 Å². The lowest BCUT2D eigenvalue weighted by Gasteiger charge is -2.43.